The third kappa shape index (κ3) is 4.24. The number of sulfonamides is 1. The zero-order chi connectivity index (χ0) is 13.8. The Labute approximate surface area is 116 Å². The molecule has 0 radical (unpaired) electrons. The Kier molecular flexibility index (Phi) is 5.58. The molecular weight excluding hydrogens is 320 g/mol. The van der Waals surface area contributed by atoms with Crippen LogP contribution in [0.25, 0.3) is 0 Å². The fourth-order valence-electron chi connectivity index (χ4n) is 1.35. The highest BCUT2D eigenvalue weighted by Gasteiger charge is 2.18. The van der Waals surface area contributed by atoms with Gasteiger partial charge in [-0.05, 0) is 48.0 Å². The molecule has 5 nitrogen and oxygen atoms in total. The van der Waals surface area contributed by atoms with E-state index in [0.717, 1.165) is 0 Å². The van der Waals surface area contributed by atoms with Gasteiger partial charge in [-0.2, -0.15) is 0 Å². The Morgan fingerprint density at radius 1 is 1.50 bits per heavy atom. The predicted molar refractivity (Wildman–Crippen MR) is 74.8 cm³/mol. The molecule has 1 unspecified atom stereocenters. The molecule has 1 aromatic rings. The van der Waals surface area contributed by atoms with Gasteiger partial charge in [0.05, 0.1) is 11.5 Å². The fourth-order valence-corrected chi connectivity index (χ4v) is 2.86. The van der Waals surface area contributed by atoms with E-state index in [-0.39, 0.29) is 10.9 Å². The van der Waals surface area contributed by atoms with Gasteiger partial charge in [0, 0.05) is 22.8 Å². The van der Waals surface area contributed by atoms with Crippen LogP contribution in [0.15, 0.2) is 27.6 Å². The highest BCUT2D eigenvalue weighted by atomic mass is 79.9. The minimum atomic E-state index is -3.56. The number of benzene rings is 1. The summed E-state index contributed by atoms with van der Waals surface area (Å²) >= 11 is 3.22. The largest absolute Gasteiger partial charge is 0.398 e. The summed E-state index contributed by atoms with van der Waals surface area (Å²) in [6.45, 7) is 4.49. The topological polar surface area (TPSA) is 81.4 Å². The summed E-state index contributed by atoms with van der Waals surface area (Å²) in [5.74, 6) is 0. The number of nitrogen functional groups attached to an aromatic ring is 1. The molecule has 0 bridgehead atoms. The molecule has 0 aromatic heterocycles. The van der Waals surface area contributed by atoms with Crippen molar-refractivity contribution < 1.29 is 13.2 Å². The Hall–Kier alpha value is -0.630. The second-order valence-electron chi connectivity index (χ2n) is 3.87. The number of hydrogen-bond donors (Lipinski definition) is 2. The summed E-state index contributed by atoms with van der Waals surface area (Å²) in [6, 6.07) is 4.23. The minimum absolute atomic E-state index is 0.145. The summed E-state index contributed by atoms with van der Waals surface area (Å²) in [4.78, 5) is 0.145. The van der Waals surface area contributed by atoms with Gasteiger partial charge >= 0.3 is 0 Å². The molecular formula is C11H17BrN2O3S. The third-order valence-corrected chi connectivity index (χ3v) is 4.52. The molecule has 1 aromatic carbocycles. The monoisotopic (exact) mass is 336 g/mol. The lowest BCUT2D eigenvalue weighted by Gasteiger charge is -2.14. The number of halogens is 1. The van der Waals surface area contributed by atoms with Gasteiger partial charge in [-0.3, -0.25) is 0 Å². The number of hydrogen-bond acceptors (Lipinski definition) is 4. The molecule has 0 spiro atoms. The molecule has 0 fully saturated rings. The normalized spacial score (nSPS) is 13.5. The first kappa shape index (κ1) is 15.4. The SMILES string of the molecule is CCOCC(C)NS(=O)(=O)c1ccc(Br)c(N)c1. The van der Waals surface area contributed by atoms with E-state index in [0.29, 0.717) is 23.4 Å². The molecule has 102 valence electrons. The Balaban J connectivity index is 2.83. The number of nitrogens with one attached hydrogen (secondary N) is 1. The molecule has 0 amide bonds. The zero-order valence-electron chi connectivity index (χ0n) is 10.3. The summed E-state index contributed by atoms with van der Waals surface area (Å²) < 4.78 is 32.4. The van der Waals surface area contributed by atoms with Crippen LogP contribution in [0, 0.1) is 0 Å². The average Bonchev–Trinajstić information content (AvgIpc) is 2.29. The van der Waals surface area contributed by atoms with Crippen molar-refractivity contribution >= 4 is 31.6 Å². The van der Waals surface area contributed by atoms with Crippen LogP contribution in [0.2, 0.25) is 0 Å². The van der Waals surface area contributed by atoms with E-state index in [1.54, 1.807) is 13.0 Å². The van der Waals surface area contributed by atoms with E-state index in [1.807, 2.05) is 6.92 Å². The summed E-state index contributed by atoms with van der Waals surface area (Å²) in [5.41, 5.74) is 6.05. The van der Waals surface area contributed by atoms with Crippen LogP contribution in [0.5, 0.6) is 0 Å². The number of rotatable bonds is 6. The molecule has 0 aliphatic heterocycles. The van der Waals surface area contributed by atoms with Crippen LogP contribution in [0.1, 0.15) is 13.8 Å². The van der Waals surface area contributed by atoms with Crippen molar-refractivity contribution in [3.05, 3.63) is 22.7 Å². The summed E-state index contributed by atoms with van der Waals surface area (Å²) in [6.07, 6.45) is 0. The van der Waals surface area contributed by atoms with Crippen LogP contribution in [-0.2, 0) is 14.8 Å². The fraction of sp³-hybridized carbons (Fsp3) is 0.455. The van der Waals surface area contributed by atoms with Crippen LogP contribution >= 0.6 is 15.9 Å². The quantitative estimate of drug-likeness (QED) is 0.775. The number of ether oxygens (including phenoxy) is 1. The predicted octanol–water partition coefficient (Wildman–Crippen LogP) is 1.73. The van der Waals surface area contributed by atoms with E-state index in [4.69, 9.17) is 10.5 Å². The minimum Gasteiger partial charge on any atom is -0.398 e. The first-order chi connectivity index (χ1) is 8.36. The molecule has 1 atom stereocenters. The first-order valence-electron chi connectivity index (χ1n) is 5.52. The van der Waals surface area contributed by atoms with Crippen LogP contribution in [0.3, 0.4) is 0 Å². The summed E-state index contributed by atoms with van der Waals surface area (Å²) in [5, 5.41) is 0. The molecule has 18 heavy (non-hydrogen) atoms. The Morgan fingerprint density at radius 3 is 2.72 bits per heavy atom. The van der Waals surface area contributed by atoms with Crippen molar-refractivity contribution in [2.24, 2.45) is 0 Å². The number of nitrogens with two attached hydrogens (primary N) is 1. The lowest BCUT2D eigenvalue weighted by molar-refractivity contribution is 0.133. The molecule has 0 heterocycles. The zero-order valence-corrected chi connectivity index (χ0v) is 12.7. The molecule has 0 saturated carbocycles. The highest BCUT2D eigenvalue weighted by molar-refractivity contribution is 9.10. The van der Waals surface area contributed by atoms with E-state index in [1.165, 1.54) is 12.1 Å². The van der Waals surface area contributed by atoms with Crippen molar-refractivity contribution in [3.63, 3.8) is 0 Å². The van der Waals surface area contributed by atoms with Crippen molar-refractivity contribution in [1.29, 1.82) is 0 Å². The Bertz CT molecular complexity index is 505. The van der Waals surface area contributed by atoms with Gasteiger partial charge in [-0.15, -0.1) is 0 Å². The van der Waals surface area contributed by atoms with Crippen LogP contribution in [0.4, 0.5) is 5.69 Å². The van der Waals surface area contributed by atoms with Gasteiger partial charge in [-0.1, -0.05) is 0 Å². The Morgan fingerprint density at radius 2 is 2.17 bits per heavy atom. The molecule has 1 rings (SSSR count). The molecule has 0 aliphatic rings. The lowest BCUT2D eigenvalue weighted by atomic mass is 10.3. The van der Waals surface area contributed by atoms with Crippen molar-refractivity contribution in [2.45, 2.75) is 24.8 Å². The van der Waals surface area contributed by atoms with Crippen molar-refractivity contribution in [3.8, 4) is 0 Å². The van der Waals surface area contributed by atoms with Gasteiger partial charge in [0.25, 0.3) is 0 Å². The average molecular weight is 337 g/mol. The van der Waals surface area contributed by atoms with Crippen LogP contribution in [-0.4, -0.2) is 27.7 Å². The van der Waals surface area contributed by atoms with E-state index < -0.39 is 10.0 Å². The van der Waals surface area contributed by atoms with Gasteiger partial charge < -0.3 is 10.5 Å². The smallest absolute Gasteiger partial charge is 0.240 e. The standard InChI is InChI=1S/C11H17BrN2O3S/c1-3-17-7-8(2)14-18(15,16)9-4-5-10(12)11(13)6-9/h4-6,8,14H,3,7,13H2,1-2H3. The maximum absolute atomic E-state index is 12.0. The van der Waals surface area contributed by atoms with E-state index in [2.05, 4.69) is 20.7 Å². The van der Waals surface area contributed by atoms with Crippen molar-refractivity contribution in [1.82, 2.24) is 4.72 Å². The molecule has 7 heteroatoms. The maximum atomic E-state index is 12.0. The van der Waals surface area contributed by atoms with E-state index in [9.17, 15) is 8.42 Å². The molecule has 3 N–H and O–H groups in total. The maximum Gasteiger partial charge on any atom is 0.240 e. The van der Waals surface area contributed by atoms with Gasteiger partial charge in [0.2, 0.25) is 10.0 Å². The van der Waals surface area contributed by atoms with Gasteiger partial charge in [0.1, 0.15) is 0 Å². The van der Waals surface area contributed by atoms with E-state index >= 15 is 0 Å². The highest BCUT2D eigenvalue weighted by Crippen LogP contribution is 2.22. The molecule has 0 saturated heterocycles. The second kappa shape index (κ2) is 6.51. The van der Waals surface area contributed by atoms with Gasteiger partial charge in [0.15, 0.2) is 0 Å². The lowest BCUT2D eigenvalue weighted by Crippen LogP contribution is -2.35. The van der Waals surface area contributed by atoms with Crippen molar-refractivity contribution in [2.75, 3.05) is 18.9 Å². The molecule has 0 aliphatic carbocycles. The van der Waals surface area contributed by atoms with Crippen LogP contribution < -0.4 is 10.5 Å². The summed E-state index contributed by atoms with van der Waals surface area (Å²) in [7, 11) is -3.56. The first-order valence-corrected chi connectivity index (χ1v) is 7.79. The third-order valence-electron chi connectivity index (χ3n) is 2.21. The number of anilines is 1. The second-order valence-corrected chi connectivity index (χ2v) is 6.43. The van der Waals surface area contributed by atoms with Gasteiger partial charge in [-0.25, -0.2) is 13.1 Å².